The van der Waals surface area contributed by atoms with Crippen molar-refractivity contribution in [1.29, 1.82) is 0 Å². The Hall–Kier alpha value is -2.57. The quantitative estimate of drug-likeness (QED) is 0.878. The Labute approximate surface area is 145 Å². The van der Waals surface area contributed by atoms with Crippen LogP contribution in [-0.4, -0.2) is 31.7 Å². The van der Waals surface area contributed by atoms with E-state index in [1.54, 1.807) is 20.0 Å². The van der Waals surface area contributed by atoms with E-state index in [0.29, 0.717) is 18.4 Å². The second-order valence-corrected chi connectivity index (χ2v) is 7.02. The highest BCUT2D eigenvalue weighted by Gasteiger charge is 2.42. The maximum absolute atomic E-state index is 12.6. The summed E-state index contributed by atoms with van der Waals surface area (Å²) >= 11 is 0. The molecular weight excluding hydrogens is 322 g/mol. The van der Waals surface area contributed by atoms with Gasteiger partial charge in [-0.25, -0.2) is 4.79 Å². The largest absolute Gasteiger partial charge is 0.481 e. The Balaban J connectivity index is 1.85. The highest BCUT2D eigenvalue weighted by molar-refractivity contribution is 5.82. The Morgan fingerprint density at radius 2 is 1.96 bits per heavy atom. The van der Waals surface area contributed by atoms with Gasteiger partial charge in [-0.2, -0.15) is 0 Å². The number of carboxylic acids is 1. The number of aromatic nitrogens is 2. The third kappa shape index (κ3) is 3.06. The van der Waals surface area contributed by atoms with Crippen LogP contribution in [0.4, 0.5) is 0 Å². The summed E-state index contributed by atoms with van der Waals surface area (Å²) in [5.41, 5.74) is 0.399. The van der Waals surface area contributed by atoms with E-state index in [-0.39, 0.29) is 18.1 Å². The summed E-state index contributed by atoms with van der Waals surface area (Å²) < 4.78 is 2.93. The number of nitrogens with one attached hydrogen (secondary N) is 1. The summed E-state index contributed by atoms with van der Waals surface area (Å²) in [5, 5.41) is 12.3. The topological polar surface area (TPSA) is 93.3 Å². The van der Waals surface area contributed by atoms with Gasteiger partial charge in [-0.15, -0.1) is 0 Å². The van der Waals surface area contributed by atoms with Crippen LogP contribution in [0.25, 0.3) is 11.0 Å². The van der Waals surface area contributed by atoms with Gasteiger partial charge in [0.2, 0.25) is 5.91 Å². The maximum atomic E-state index is 12.6. The Morgan fingerprint density at radius 1 is 1.28 bits per heavy atom. The molecule has 2 atom stereocenters. The minimum Gasteiger partial charge on any atom is -0.481 e. The number of hydrogen-bond acceptors (Lipinski definition) is 3. The molecule has 0 aliphatic heterocycles. The molecule has 1 aliphatic rings. The molecule has 1 aliphatic carbocycles. The average Bonchev–Trinajstić information content (AvgIpc) is 2.80. The number of para-hydroxylation sites is 2. The highest BCUT2D eigenvalue weighted by atomic mass is 16.4. The van der Waals surface area contributed by atoms with Gasteiger partial charge < -0.3 is 10.4 Å². The fourth-order valence-electron chi connectivity index (χ4n) is 3.90. The molecule has 0 saturated heterocycles. The summed E-state index contributed by atoms with van der Waals surface area (Å²) in [4.78, 5) is 36.5. The lowest BCUT2D eigenvalue weighted by Crippen LogP contribution is -2.56. The predicted molar refractivity (Wildman–Crippen MR) is 93.3 cm³/mol. The lowest BCUT2D eigenvalue weighted by molar-refractivity contribution is -0.146. The molecule has 2 aromatic rings. The monoisotopic (exact) mass is 345 g/mol. The van der Waals surface area contributed by atoms with Gasteiger partial charge in [-0.3, -0.25) is 18.7 Å². The lowest BCUT2D eigenvalue weighted by Gasteiger charge is -2.39. The highest BCUT2D eigenvalue weighted by Crippen LogP contribution is 2.33. The van der Waals surface area contributed by atoms with Gasteiger partial charge in [0, 0.05) is 7.05 Å². The zero-order chi connectivity index (χ0) is 18.2. The number of rotatable bonds is 4. The van der Waals surface area contributed by atoms with Crippen molar-refractivity contribution in [3.63, 3.8) is 0 Å². The number of carboxylic acid groups (broad SMARTS) is 1. The number of fused-ring (bicyclic) bond motifs is 1. The second-order valence-electron chi connectivity index (χ2n) is 7.02. The van der Waals surface area contributed by atoms with Gasteiger partial charge in [-0.05, 0) is 31.9 Å². The first-order valence-corrected chi connectivity index (χ1v) is 8.51. The number of nitrogens with zero attached hydrogens (tertiary/aromatic N) is 2. The number of carbonyl (C=O) groups is 2. The molecule has 0 unspecified atom stereocenters. The van der Waals surface area contributed by atoms with Crippen molar-refractivity contribution in [1.82, 2.24) is 14.5 Å². The number of carbonyl (C=O) groups excluding carboxylic acids is 1. The minimum atomic E-state index is -0.884. The number of imidazole rings is 1. The van der Waals surface area contributed by atoms with Crippen molar-refractivity contribution >= 4 is 22.9 Å². The van der Waals surface area contributed by atoms with Gasteiger partial charge in [0.25, 0.3) is 0 Å². The molecule has 1 saturated carbocycles. The summed E-state index contributed by atoms with van der Waals surface area (Å²) in [7, 11) is 1.67. The van der Waals surface area contributed by atoms with Crippen LogP contribution in [0, 0.1) is 5.92 Å². The molecule has 0 radical (unpaired) electrons. The van der Waals surface area contributed by atoms with Crippen LogP contribution >= 0.6 is 0 Å². The van der Waals surface area contributed by atoms with E-state index in [9.17, 15) is 19.5 Å². The molecular formula is C18H23N3O4. The zero-order valence-electron chi connectivity index (χ0n) is 14.5. The lowest BCUT2D eigenvalue weighted by atomic mass is 9.74. The van der Waals surface area contributed by atoms with Crippen LogP contribution in [-0.2, 0) is 23.2 Å². The fourth-order valence-corrected chi connectivity index (χ4v) is 3.90. The number of aryl methyl sites for hydroxylation is 1. The van der Waals surface area contributed by atoms with Gasteiger partial charge in [0.05, 0.1) is 22.5 Å². The number of benzene rings is 1. The smallest absolute Gasteiger partial charge is 0.329 e. The van der Waals surface area contributed by atoms with Crippen LogP contribution in [0.1, 0.15) is 32.6 Å². The van der Waals surface area contributed by atoms with Gasteiger partial charge in [0.1, 0.15) is 6.54 Å². The van der Waals surface area contributed by atoms with E-state index in [2.05, 4.69) is 5.32 Å². The van der Waals surface area contributed by atoms with Crippen molar-refractivity contribution in [2.75, 3.05) is 0 Å². The van der Waals surface area contributed by atoms with E-state index in [1.165, 1.54) is 9.13 Å². The van der Waals surface area contributed by atoms with E-state index >= 15 is 0 Å². The van der Waals surface area contributed by atoms with Gasteiger partial charge in [-0.1, -0.05) is 25.0 Å². The molecule has 3 rings (SSSR count). The van der Waals surface area contributed by atoms with E-state index in [0.717, 1.165) is 18.4 Å². The van der Waals surface area contributed by atoms with Crippen LogP contribution in [0.2, 0.25) is 0 Å². The first-order valence-electron chi connectivity index (χ1n) is 8.51. The summed E-state index contributed by atoms with van der Waals surface area (Å²) in [6, 6.07) is 7.28. The van der Waals surface area contributed by atoms with Crippen LogP contribution in [0.15, 0.2) is 29.1 Å². The van der Waals surface area contributed by atoms with Crippen molar-refractivity contribution in [2.45, 2.75) is 44.7 Å². The molecule has 1 aromatic heterocycles. The van der Waals surface area contributed by atoms with Gasteiger partial charge in [0.15, 0.2) is 0 Å². The van der Waals surface area contributed by atoms with E-state index < -0.39 is 17.4 Å². The third-order valence-corrected chi connectivity index (χ3v) is 5.28. The molecule has 134 valence electrons. The van der Waals surface area contributed by atoms with Crippen molar-refractivity contribution < 1.29 is 14.7 Å². The molecule has 0 spiro atoms. The van der Waals surface area contributed by atoms with Crippen molar-refractivity contribution in [3.05, 3.63) is 34.7 Å². The number of hydrogen-bond donors (Lipinski definition) is 2. The Kier molecular flexibility index (Phi) is 4.41. The first-order chi connectivity index (χ1) is 11.8. The molecule has 1 heterocycles. The Morgan fingerprint density at radius 3 is 2.64 bits per heavy atom. The molecule has 7 nitrogen and oxygen atoms in total. The SMILES string of the molecule is Cn1c(=O)n(CC(=O)N[C@@]2(C)CCCC[C@H]2C(=O)O)c2ccccc21. The number of aliphatic carboxylic acids is 1. The van der Waals surface area contributed by atoms with Crippen LogP contribution < -0.4 is 11.0 Å². The first kappa shape index (κ1) is 17.3. The maximum Gasteiger partial charge on any atom is 0.329 e. The molecule has 1 amide bonds. The van der Waals surface area contributed by atoms with E-state index in [4.69, 9.17) is 0 Å². The normalized spacial score (nSPS) is 23.5. The van der Waals surface area contributed by atoms with Crippen molar-refractivity contribution in [3.8, 4) is 0 Å². The van der Waals surface area contributed by atoms with Crippen LogP contribution in [0.5, 0.6) is 0 Å². The zero-order valence-corrected chi connectivity index (χ0v) is 14.5. The molecule has 1 aromatic carbocycles. The molecule has 25 heavy (non-hydrogen) atoms. The van der Waals surface area contributed by atoms with Crippen LogP contribution in [0.3, 0.4) is 0 Å². The van der Waals surface area contributed by atoms with Crippen molar-refractivity contribution in [2.24, 2.45) is 13.0 Å². The second kappa shape index (κ2) is 6.38. The summed E-state index contributed by atoms with van der Waals surface area (Å²) in [5.74, 6) is -1.83. The van der Waals surface area contributed by atoms with Gasteiger partial charge >= 0.3 is 11.7 Å². The summed E-state index contributed by atoms with van der Waals surface area (Å²) in [6.07, 6.45) is 2.92. The standard InChI is InChI=1S/C18H23N3O4/c1-18(10-6-5-7-12(18)16(23)24)19-15(22)11-21-14-9-4-3-8-13(14)20(2)17(21)25/h3-4,8-9,12H,5-7,10-11H2,1-2H3,(H,19,22)(H,23,24)/t12-,18-/m0/s1. The summed E-state index contributed by atoms with van der Waals surface area (Å²) in [6.45, 7) is 1.66. The molecule has 2 N–H and O–H groups in total. The molecule has 0 bridgehead atoms. The predicted octanol–water partition coefficient (Wildman–Crippen LogP) is 1.49. The molecule has 7 heteroatoms. The number of amides is 1. The third-order valence-electron chi connectivity index (χ3n) is 5.28. The Bertz CT molecular complexity index is 882. The molecule has 1 fully saturated rings. The minimum absolute atomic E-state index is 0.123. The van der Waals surface area contributed by atoms with E-state index in [1.807, 2.05) is 18.2 Å². The fraction of sp³-hybridized carbons (Fsp3) is 0.500. The average molecular weight is 345 g/mol.